The van der Waals surface area contributed by atoms with Crippen molar-refractivity contribution in [2.75, 3.05) is 5.32 Å². The van der Waals surface area contributed by atoms with Gasteiger partial charge < -0.3 is 14.3 Å². The van der Waals surface area contributed by atoms with Gasteiger partial charge in [-0.15, -0.1) is 0 Å². The summed E-state index contributed by atoms with van der Waals surface area (Å²) in [4.78, 5) is 0. The van der Waals surface area contributed by atoms with Gasteiger partial charge in [-0.05, 0) is 31.4 Å². The van der Waals surface area contributed by atoms with Crippen LogP contribution in [0.3, 0.4) is 0 Å². The Bertz CT molecular complexity index is 474. The molecule has 2 aromatic heterocycles. The Hall–Kier alpha value is -1.71. The lowest BCUT2D eigenvalue weighted by Crippen LogP contribution is -2.01. The van der Waals surface area contributed by atoms with Crippen molar-refractivity contribution < 1.29 is 8.94 Å². The molecule has 0 radical (unpaired) electrons. The van der Waals surface area contributed by atoms with E-state index in [-0.39, 0.29) is 0 Å². The van der Waals surface area contributed by atoms with Crippen LogP contribution in [0.25, 0.3) is 0 Å². The van der Waals surface area contributed by atoms with Gasteiger partial charge in [0.25, 0.3) is 0 Å². The lowest BCUT2D eigenvalue weighted by atomic mass is 10.1. The monoisotopic (exact) mass is 232 g/mol. The predicted molar refractivity (Wildman–Crippen MR) is 63.8 cm³/mol. The van der Waals surface area contributed by atoms with Crippen molar-refractivity contribution in [3.05, 3.63) is 35.5 Å². The van der Waals surface area contributed by atoms with Gasteiger partial charge in [-0.3, -0.25) is 0 Å². The molecule has 0 aromatic carbocycles. The van der Waals surface area contributed by atoms with Gasteiger partial charge in [0.05, 0.1) is 12.8 Å². The van der Waals surface area contributed by atoms with Crippen LogP contribution >= 0.6 is 0 Å². The normalized spacial score (nSPS) is 15.3. The van der Waals surface area contributed by atoms with Crippen LogP contribution < -0.4 is 5.32 Å². The molecule has 0 saturated heterocycles. The van der Waals surface area contributed by atoms with E-state index in [1.54, 1.807) is 6.26 Å². The zero-order valence-electron chi connectivity index (χ0n) is 9.74. The average Bonchev–Trinajstić information content (AvgIpc) is 2.92. The first-order chi connectivity index (χ1) is 8.43. The third-order valence-electron chi connectivity index (χ3n) is 3.21. The molecule has 90 valence electrons. The van der Waals surface area contributed by atoms with Gasteiger partial charge >= 0.3 is 0 Å². The van der Waals surface area contributed by atoms with Gasteiger partial charge in [-0.1, -0.05) is 11.6 Å². The minimum Gasteiger partial charge on any atom is -0.467 e. The Morgan fingerprint density at radius 1 is 1.24 bits per heavy atom. The molecule has 0 fully saturated rings. The molecule has 0 saturated carbocycles. The average molecular weight is 232 g/mol. The minimum atomic E-state index is 0.659. The maximum Gasteiger partial charge on any atom is 0.173 e. The number of anilines is 1. The van der Waals surface area contributed by atoms with Crippen molar-refractivity contribution in [2.24, 2.45) is 0 Å². The van der Waals surface area contributed by atoms with Crippen molar-refractivity contribution in [3.63, 3.8) is 0 Å². The van der Waals surface area contributed by atoms with Crippen molar-refractivity contribution in [2.45, 2.75) is 38.6 Å². The number of fused-ring (bicyclic) bond motifs is 1. The second kappa shape index (κ2) is 4.65. The highest BCUT2D eigenvalue weighted by atomic mass is 16.5. The first-order valence-electron chi connectivity index (χ1n) is 6.17. The van der Waals surface area contributed by atoms with E-state index in [9.17, 15) is 0 Å². The van der Waals surface area contributed by atoms with E-state index in [0.29, 0.717) is 6.54 Å². The number of rotatable bonds is 3. The van der Waals surface area contributed by atoms with Crippen LogP contribution in [0.1, 0.15) is 36.3 Å². The van der Waals surface area contributed by atoms with Crippen LogP contribution in [-0.4, -0.2) is 5.16 Å². The largest absolute Gasteiger partial charge is 0.467 e. The van der Waals surface area contributed by atoms with E-state index in [2.05, 4.69) is 10.5 Å². The topological polar surface area (TPSA) is 51.2 Å². The molecule has 0 atom stereocenters. The van der Waals surface area contributed by atoms with Crippen LogP contribution in [0, 0.1) is 0 Å². The van der Waals surface area contributed by atoms with E-state index in [4.69, 9.17) is 8.94 Å². The fourth-order valence-corrected chi connectivity index (χ4v) is 2.28. The van der Waals surface area contributed by atoms with Crippen LogP contribution in [-0.2, 0) is 19.4 Å². The quantitative estimate of drug-likeness (QED) is 0.826. The van der Waals surface area contributed by atoms with Gasteiger partial charge in [-0.25, -0.2) is 0 Å². The van der Waals surface area contributed by atoms with Gasteiger partial charge in [0.2, 0.25) is 0 Å². The maximum atomic E-state index is 5.39. The fourth-order valence-electron chi connectivity index (χ4n) is 2.28. The van der Waals surface area contributed by atoms with E-state index < -0.39 is 0 Å². The molecular weight excluding hydrogens is 216 g/mol. The SMILES string of the molecule is c1coc(CNc2noc3c2CCCCC3)c1. The Morgan fingerprint density at radius 2 is 2.18 bits per heavy atom. The highest BCUT2D eigenvalue weighted by Gasteiger charge is 2.17. The molecule has 3 rings (SSSR count). The van der Waals surface area contributed by atoms with Gasteiger partial charge in [-0.2, -0.15) is 0 Å². The number of furan rings is 1. The molecule has 1 N–H and O–H groups in total. The number of hydrogen-bond donors (Lipinski definition) is 1. The van der Waals surface area contributed by atoms with Crippen LogP contribution in [0.15, 0.2) is 27.3 Å². The van der Waals surface area contributed by atoms with Crippen LogP contribution in [0.2, 0.25) is 0 Å². The molecule has 0 amide bonds. The number of aromatic nitrogens is 1. The summed E-state index contributed by atoms with van der Waals surface area (Å²) in [6.07, 6.45) is 7.48. The van der Waals surface area contributed by atoms with E-state index in [1.807, 2.05) is 12.1 Å². The molecule has 17 heavy (non-hydrogen) atoms. The van der Waals surface area contributed by atoms with Crippen LogP contribution in [0.5, 0.6) is 0 Å². The Balaban J connectivity index is 1.73. The zero-order valence-corrected chi connectivity index (χ0v) is 9.74. The van der Waals surface area contributed by atoms with Crippen LogP contribution in [0.4, 0.5) is 5.82 Å². The summed E-state index contributed by atoms with van der Waals surface area (Å²) < 4.78 is 10.7. The molecule has 4 heteroatoms. The maximum absolute atomic E-state index is 5.39. The number of nitrogens with zero attached hydrogens (tertiary/aromatic N) is 1. The van der Waals surface area contributed by atoms with E-state index >= 15 is 0 Å². The Labute approximate surface area is 100.0 Å². The van der Waals surface area contributed by atoms with E-state index in [1.165, 1.54) is 24.8 Å². The zero-order chi connectivity index (χ0) is 11.5. The molecule has 4 nitrogen and oxygen atoms in total. The highest BCUT2D eigenvalue weighted by molar-refractivity contribution is 5.45. The number of hydrogen-bond acceptors (Lipinski definition) is 4. The molecule has 0 spiro atoms. The number of nitrogens with one attached hydrogen (secondary N) is 1. The summed E-state index contributed by atoms with van der Waals surface area (Å²) in [5.41, 5.74) is 1.26. The summed E-state index contributed by atoms with van der Waals surface area (Å²) in [7, 11) is 0. The lowest BCUT2D eigenvalue weighted by Gasteiger charge is -2.02. The van der Waals surface area contributed by atoms with Gasteiger partial charge in [0.15, 0.2) is 5.82 Å². The first-order valence-corrected chi connectivity index (χ1v) is 6.17. The van der Waals surface area contributed by atoms with Crippen molar-refractivity contribution in [1.82, 2.24) is 5.16 Å². The smallest absolute Gasteiger partial charge is 0.173 e. The van der Waals surface area contributed by atoms with Crippen molar-refractivity contribution in [1.29, 1.82) is 0 Å². The summed E-state index contributed by atoms with van der Waals surface area (Å²) >= 11 is 0. The Morgan fingerprint density at radius 3 is 3.06 bits per heavy atom. The van der Waals surface area contributed by atoms with Crippen molar-refractivity contribution in [3.8, 4) is 0 Å². The second-order valence-corrected chi connectivity index (χ2v) is 4.43. The summed E-state index contributed by atoms with van der Waals surface area (Å²) in [6, 6.07) is 3.84. The van der Waals surface area contributed by atoms with Gasteiger partial charge in [0.1, 0.15) is 11.5 Å². The third kappa shape index (κ3) is 2.20. The molecule has 2 heterocycles. The van der Waals surface area contributed by atoms with Gasteiger partial charge in [0, 0.05) is 12.0 Å². The first kappa shape index (κ1) is 10.4. The lowest BCUT2D eigenvalue weighted by molar-refractivity contribution is 0.382. The standard InChI is InChI=1S/C13H16N2O2/c1-2-6-11-12(7-3-1)17-15-13(11)14-9-10-5-4-8-16-10/h4-5,8H,1-3,6-7,9H2,(H,14,15). The fraction of sp³-hybridized carbons (Fsp3) is 0.462. The molecule has 1 aliphatic carbocycles. The second-order valence-electron chi connectivity index (χ2n) is 4.43. The van der Waals surface area contributed by atoms with Crippen molar-refractivity contribution >= 4 is 5.82 Å². The summed E-state index contributed by atoms with van der Waals surface area (Å²) in [5.74, 6) is 2.86. The molecule has 0 unspecified atom stereocenters. The summed E-state index contributed by atoms with van der Waals surface area (Å²) in [6.45, 7) is 0.659. The predicted octanol–water partition coefficient (Wildman–Crippen LogP) is 3.15. The minimum absolute atomic E-state index is 0.659. The molecule has 0 bridgehead atoms. The molecular formula is C13H16N2O2. The Kier molecular flexibility index (Phi) is 2.86. The third-order valence-corrected chi connectivity index (χ3v) is 3.21. The molecule has 1 aliphatic rings. The highest BCUT2D eigenvalue weighted by Crippen LogP contribution is 2.26. The molecule has 0 aliphatic heterocycles. The molecule has 2 aromatic rings. The summed E-state index contributed by atoms with van der Waals surface area (Å²) in [5, 5.41) is 7.40. The van der Waals surface area contributed by atoms with E-state index in [0.717, 1.165) is 30.2 Å². The number of aryl methyl sites for hydroxylation is 1.